The highest BCUT2D eigenvalue weighted by molar-refractivity contribution is 6.31. The van der Waals surface area contributed by atoms with Gasteiger partial charge in [0.25, 0.3) is 5.56 Å². The molecule has 128 valence electrons. The fourth-order valence-electron chi connectivity index (χ4n) is 2.15. The molecule has 0 fully saturated rings. The Balaban J connectivity index is 2.24. The lowest BCUT2D eigenvalue weighted by atomic mass is 10.2. The van der Waals surface area contributed by atoms with Crippen molar-refractivity contribution in [2.24, 2.45) is 5.92 Å². The van der Waals surface area contributed by atoms with Crippen molar-refractivity contribution in [3.63, 3.8) is 0 Å². The first-order valence-electron chi connectivity index (χ1n) is 7.69. The third-order valence-electron chi connectivity index (χ3n) is 3.45. The molecule has 6 nitrogen and oxygen atoms in total. The van der Waals surface area contributed by atoms with Crippen LogP contribution >= 0.6 is 11.6 Å². The largest absolute Gasteiger partial charge is 0.354 e. The van der Waals surface area contributed by atoms with Gasteiger partial charge in [0.15, 0.2) is 0 Å². The number of halogens is 1. The van der Waals surface area contributed by atoms with E-state index < -0.39 is 11.2 Å². The first-order chi connectivity index (χ1) is 11.4. The molecule has 1 heterocycles. The summed E-state index contributed by atoms with van der Waals surface area (Å²) in [6.07, 6.45) is 1.41. The van der Waals surface area contributed by atoms with E-state index in [9.17, 15) is 14.4 Å². The molecule has 0 aliphatic carbocycles. The molecule has 1 N–H and O–H groups in total. The Bertz CT molecular complexity index is 839. The zero-order valence-electron chi connectivity index (χ0n) is 13.7. The lowest BCUT2D eigenvalue weighted by Gasteiger charge is -2.12. The molecule has 24 heavy (non-hydrogen) atoms. The van der Waals surface area contributed by atoms with Gasteiger partial charge in [0.1, 0.15) is 6.54 Å². The first kappa shape index (κ1) is 18.0. The molecule has 0 aliphatic rings. The number of carbonyl (C=O) groups is 1. The number of amides is 1. The summed E-state index contributed by atoms with van der Waals surface area (Å²) in [6.45, 7) is 4.35. The maximum absolute atomic E-state index is 12.5. The minimum Gasteiger partial charge on any atom is -0.354 e. The van der Waals surface area contributed by atoms with Crippen LogP contribution in [0.1, 0.15) is 19.4 Å². The molecule has 7 heteroatoms. The van der Waals surface area contributed by atoms with Crippen molar-refractivity contribution in [3.8, 4) is 0 Å². The van der Waals surface area contributed by atoms with E-state index >= 15 is 0 Å². The van der Waals surface area contributed by atoms with Crippen LogP contribution in [-0.2, 0) is 17.9 Å². The van der Waals surface area contributed by atoms with Crippen molar-refractivity contribution in [3.05, 3.63) is 68.0 Å². The molecular weight excluding hydrogens is 330 g/mol. The SMILES string of the molecule is CC(C)CNC(=O)Cn1c(=O)ccn(Cc2ccccc2Cl)c1=O. The minimum absolute atomic E-state index is 0.229. The lowest BCUT2D eigenvalue weighted by Crippen LogP contribution is -2.43. The number of aromatic nitrogens is 2. The second-order valence-corrected chi connectivity index (χ2v) is 6.35. The number of hydrogen-bond acceptors (Lipinski definition) is 3. The Labute approximate surface area is 144 Å². The van der Waals surface area contributed by atoms with Gasteiger partial charge in [-0.25, -0.2) is 4.79 Å². The third-order valence-corrected chi connectivity index (χ3v) is 3.82. The fourth-order valence-corrected chi connectivity index (χ4v) is 2.35. The number of nitrogens with zero attached hydrogens (tertiary/aromatic N) is 2. The van der Waals surface area contributed by atoms with Crippen LogP contribution in [0.15, 0.2) is 46.1 Å². The van der Waals surface area contributed by atoms with Crippen molar-refractivity contribution in [1.82, 2.24) is 14.5 Å². The number of carbonyl (C=O) groups excluding carboxylic acids is 1. The van der Waals surface area contributed by atoms with Crippen molar-refractivity contribution in [2.75, 3.05) is 6.54 Å². The van der Waals surface area contributed by atoms with Crippen LogP contribution in [0.25, 0.3) is 0 Å². The monoisotopic (exact) mass is 349 g/mol. The summed E-state index contributed by atoms with van der Waals surface area (Å²) in [7, 11) is 0. The number of nitrogens with one attached hydrogen (secondary N) is 1. The summed E-state index contributed by atoms with van der Waals surface area (Å²) in [5.41, 5.74) is -0.284. The highest BCUT2D eigenvalue weighted by Crippen LogP contribution is 2.15. The predicted molar refractivity (Wildman–Crippen MR) is 93.4 cm³/mol. The Morgan fingerprint density at radius 1 is 1.21 bits per heavy atom. The van der Waals surface area contributed by atoms with Gasteiger partial charge in [0.2, 0.25) is 5.91 Å². The zero-order chi connectivity index (χ0) is 17.7. The standard InChI is InChI=1S/C17H20ClN3O3/c1-12(2)9-19-15(22)11-21-16(23)7-8-20(17(21)24)10-13-5-3-4-6-14(13)18/h3-8,12H,9-11H2,1-2H3,(H,19,22). The molecule has 0 unspecified atom stereocenters. The van der Waals surface area contributed by atoms with Gasteiger partial charge >= 0.3 is 5.69 Å². The van der Waals surface area contributed by atoms with Gasteiger partial charge in [-0.15, -0.1) is 0 Å². The Morgan fingerprint density at radius 2 is 1.92 bits per heavy atom. The molecule has 0 saturated carbocycles. The molecule has 0 saturated heterocycles. The molecule has 0 bridgehead atoms. The van der Waals surface area contributed by atoms with Crippen molar-refractivity contribution >= 4 is 17.5 Å². The molecule has 1 aromatic carbocycles. The smallest absolute Gasteiger partial charge is 0.331 e. The summed E-state index contributed by atoms with van der Waals surface area (Å²) in [6, 6.07) is 8.43. The predicted octanol–water partition coefficient (Wildman–Crippen LogP) is 1.48. The fraction of sp³-hybridized carbons (Fsp3) is 0.353. The second kappa shape index (κ2) is 7.97. The van der Waals surface area contributed by atoms with Gasteiger partial charge in [-0.05, 0) is 17.5 Å². The molecular formula is C17H20ClN3O3. The molecule has 1 amide bonds. The van der Waals surface area contributed by atoms with E-state index in [0.717, 1.165) is 10.1 Å². The van der Waals surface area contributed by atoms with E-state index in [0.29, 0.717) is 17.5 Å². The van der Waals surface area contributed by atoms with E-state index in [2.05, 4.69) is 5.32 Å². The molecule has 0 atom stereocenters. The summed E-state index contributed by atoms with van der Waals surface area (Å²) in [5, 5.41) is 3.23. The highest BCUT2D eigenvalue weighted by atomic mass is 35.5. The molecule has 0 spiro atoms. The maximum Gasteiger partial charge on any atom is 0.331 e. The van der Waals surface area contributed by atoms with Crippen LogP contribution in [0.2, 0.25) is 5.02 Å². The van der Waals surface area contributed by atoms with Crippen molar-refractivity contribution in [2.45, 2.75) is 26.9 Å². The topological polar surface area (TPSA) is 73.1 Å². The van der Waals surface area contributed by atoms with Crippen LogP contribution in [0.4, 0.5) is 0 Å². The van der Waals surface area contributed by atoms with Crippen LogP contribution < -0.4 is 16.6 Å². The third kappa shape index (κ3) is 4.58. The minimum atomic E-state index is -0.540. The van der Waals surface area contributed by atoms with Crippen LogP contribution in [-0.4, -0.2) is 21.6 Å². The summed E-state index contributed by atoms with van der Waals surface area (Å²) < 4.78 is 2.28. The normalized spacial score (nSPS) is 10.8. The summed E-state index contributed by atoms with van der Waals surface area (Å²) in [4.78, 5) is 36.3. The second-order valence-electron chi connectivity index (χ2n) is 5.94. The Hall–Kier alpha value is -2.34. The molecule has 1 aromatic heterocycles. The van der Waals surface area contributed by atoms with Gasteiger partial charge < -0.3 is 5.32 Å². The Morgan fingerprint density at radius 3 is 2.58 bits per heavy atom. The van der Waals surface area contributed by atoms with Crippen LogP contribution in [0, 0.1) is 5.92 Å². The van der Waals surface area contributed by atoms with Gasteiger partial charge in [-0.3, -0.25) is 18.7 Å². The zero-order valence-corrected chi connectivity index (χ0v) is 14.4. The quantitative estimate of drug-likeness (QED) is 0.858. The first-order valence-corrected chi connectivity index (χ1v) is 8.06. The number of rotatable bonds is 6. The maximum atomic E-state index is 12.5. The summed E-state index contributed by atoms with van der Waals surface area (Å²) in [5.74, 6) is -0.0725. The average Bonchev–Trinajstić information content (AvgIpc) is 2.54. The average molecular weight is 350 g/mol. The summed E-state index contributed by atoms with van der Waals surface area (Å²) >= 11 is 6.10. The molecule has 0 radical (unpaired) electrons. The van der Waals surface area contributed by atoms with Crippen molar-refractivity contribution in [1.29, 1.82) is 0 Å². The van der Waals surface area contributed by atoms with Crippen molar-refractivity contribution < 1.29 is 4.79 Å². The Kier molecular flexibility index (Phi) is 5.98. The van der Waals surface area contributed by atoms with E-state index in [1.165, 1.54) is 16.8 Å². The van der Waals surface area contributed by atoms with E-state index in [1.807, 2.05) is 19.9 Å². The number of benzene rings is 1. The van der Waals surface area contributed by atoms with Gasteiger partial charge in [-0.1, -0.05) is 43.6 Å². The van der Waals surface area contributed by atoms with E-state index in [-0.39, 0.29) is 19.0 Å². The van der Waals surface area contributed by atoms with Gasteiger partial charge in [0, 0.05) is 23.8 Å². The van der Waals surface area contributed by atoms with Crippen LogP contribution in [0.3, 0.4) is 0 Å². The van der Waals surface area contributed by atoms with Gasteiger partial charge in [0.05, 0.1) is 6.54 Å². The van der Waals surface area contributed by atoms with E-state index in [1.54, 1.807) is 18.2 Å². The highest BCUT2D eigenvalue weighted by Gasteiger charge is 2.11. The van der Waals surface area contributed by atoms with E-state index in [4.69, 9.17) is 11.6 Å². The molecule has 2 rings (SSSR count). The van der Waals surface area contributed by atoms with Gasteiger partial charge in [-0.2, -0.15) is 0 Å². The lowest BCUT2D eigenvalue weighted by molar-refractivity contribution is -0.121. The molecule has 2 aromatic rings. The number of hydrogen-bond donors (Lipinski definition) is 1. The molecule has 0 aliphatic heterocycles. The van der Waals surface area contributed by atoms with Crippen LogP contribution in [0.5, 0.6) is 0 Å².